The fraction of sp³-hybridized carbons (Fsp3) is 1.00. The van der Waals surface area contributed by atoms with Gasteiger partial charge < -0.3 is 14.7 Å². The zero-order valence-electron chi connectivity index (χ0n) is 11.3. The van der Waals surface area contributed by atoms with Gasteiger partial charge in [0.15, 0.2) is 6.29 Å². The molecule has 2 heterocycles. The Morgan fingerprint density at radius 1 is 1.53 bits per heavy atom. The number of hydrogen-bond acceptors (Lipinski definition) is 4. The first-order valence-electron chi connectivity index (χ1n) is 6.67. The zero-order valence-corrected chi connectivity index (χ0v) is 11.3. The highest BCUT2D eigenvalue weighted by molar-refractivity contribution is 4.95. The van der Waals surface area contributed by atoms with E-state index >= 15 is 0 Å². The summed E-state index contributed by atoms with van der Waals surface area (Å²) in [4.78, 5) is 0. The summed E-state index contributed by atoms with van der Waals surface area (Å²) >= 11 is 0. The van der Waals surface area contributed by atoms with E-state index in [0.29, 0.717) is 25.0 Å². The van der Waals surface area contributed by atoms with E-state index in [4.69, 9.17) is 9.47 Å². The number of nitrogens with zero attached hydrogens (tertiary/aromatic N) is 1. The molecule has 2 saturated heterocycles. The Kier molecular flexibility index (Phi) is 3.78. The quantitative estimate of drug-likeness (QED) is 0.768. The molecule has 2 unspecified atom stereocenters. The van der Waals surface area contributed by atoms with Crippen molar-refractivity contribution in [2.75, 3.05) is 19.7 Å². The third-order valence-electron chi connectivity index (χ3n) is 4.39. The Hall–Kier alpha value is -0.160. The van der Waals surface area contributed by atoms with E-state index in [9.17, 15) is 5.21 Å². The van der Waals surface area contributed by atoms with Crippen LogP contribution in [0.15, 0.2) is 0 Å². The SMILES string of the molecule is CCOC1OC1[C@H]1CN(O)C[C@@](C)(C(C)C)C1. The largest absolute Gasteiger partial charge is 0.350 e. The first kappa shape index (κ1) is 13.3. The lowest BCUT2D eigenvalue weighted by Crippen LogP contribution is -2.48. The van der Waals surface area contributed by atoms with Crippen molar-refractivity contribution in [1.82, 2.24) is 5.06 Å². The maximum Gasteiger partial charge on any atom is 0.184 e. The highest BCUT2D eigenvalue weighted by Crippen LogP contribution is 2.44. The summed E-state index contributed by atoms with van der Waals surface area (Å²) < 4.78 is 11.0. The van der Waals surface area contributed by atoms with Crippen molar-refractivity contribution >= 4 is 0 Å². The lowest BCUT2D eigenvalue weighted by atomic mass is 9.69. The number of piperidine rings is 1. The van der Waals surface area contributed by atoms with E-state index in [0.717, 1.165) is 13.0 Å². The molecular formula is C13H25NO3. The van der Waals surface area contributed by atoms with Crippen LogP contribution in [0.4, 0.5) is 0 Å². The average molecular weight is 243 g/mol. The molecule has 0 aromatic carbocycles. The zero-order chi connectivity index (χ0) is 12.6. The van der Waals surface area contributed by atoms with Crippen molar-refractivity contribution in [2.45, 2.75) is 46.5 Å². The van der Waals surface area contributed by atoms with Crippen molar-refractivity contribution in [3.05, 3.63) is 0 Å². The molecule has 1 N–H and O–H groups in total. The van der Waals surface area contributed by atoms with Gasteiger partial charge in [-0.25, -0.2) is 0 Å². The van der Waals surface area contributed by atoms with Gasteiger partial charge in [-0.1, -0.05) is 20.8 Å². The second-order valence-electron chi connectivity index (χ2n) is 6.04. The smallest absolute Gasteiger partial charge is 0.184 e. The molecule has 0 amide bonds. The Morgan fingerprint density at radius 2 is 2.24 bits per heavy atom. The molecule has 2 aliphatic heterocycles. The molecule has 4 atom stereocenters. The van der Waals surface area contributed by atoms with Gasteiger partial charge in [-0.3, -0.25) is 0 Å². The highest BCUT2D eigenvalue weighted by Gasteiger charge is 2.51. The predicted molar refractivity (Wildman–Crippen MR) is 64.7 cm³/mol. The van der Waals surface area contributed by atoms with E-state index in [-0.39, 0.29) is 17.8 Å². The van der Waals surface area contributed by atoms with Crippen LogP contribution < -0.4 is 0 Å². The Morgan fingerprint density at radius 3 is 2.82 bits per heavy atom. The normalized spacial score (nSPS) is 43.1. The minimum absolute atomic E-state index is 0.0343. The first-order valence-corrected chi connectivity index (χ1v) is 6.67. The molecule has 0 aromatic heterocycles. The van der Waals surface area contributed by atoms with Crippen LogP contribution in [0.1, 0.15) is 34.1 Å². The molecule has 0 saturated carbocycles. The molecule has 0 radical (unpaired) electrons. The molecule has 0 aromatic rings. The van der Waals surface area contributed by atoms with Gasteiger partial charge in [0, 0.05) is 25.6 Å². The lowest BCUT2D eigenvalue weighted by molar-refractivity contribution is -0.163. The minimum Gasteiger partial charge on any atom is -0.350 e. The van der Waals surface area contributed by atoms with Crippen molar-refractivity contribution < 1.29 is 14.7 Å². The topological polar surface area (TPSA) is 45.2 Å². The summed E-state index contributed by atoms with van der Waals surface area (Å²) in [5.41, 5.74) is 0.167. The van der Waals surface area contributed by atoms with Gasteiger partial charge >= 0.3 is 0 Å². The Balaban J connectivity index is 1.96. The van der Waals surface area contributed by atoms with E-state index in [1.165, 1.54) is 5.06 Å². The molecule has 17 heavy (non-hydrogen) atoms. The molecule has 2 rings (SSSR count). The molecule has 100 valence electrons. The maximum atomic E-state index is 9.89. The summed E-state index contributed by atoms with van der Waals surface area (Å²) in [5, 5.41) is 11.4. The summed E-state index contributed by atoms with van der Waals surface area (Å²) in [6, 6.07) is 0. The van der Waals surface area contributed by atoms with Crippen LogP contribution >= 0.6 is 0 Å². The van der Waals surface area contributed by atoms with Crippen molar-refractivity contribution in [3.63, 3.8) is 0 Å². The number of hydrogen-bond donors (Lipinski definition) is 1. The number of rotatable bonds is 4. The second kappa shape index (κ2) is 4.84. The molecule has 0 aliphatic carbocycles. The van der Waals surface area contributed by atoms with Gasteiger partial charge in [-0.05, 0) is 24.7 Å². The van der Waals surface area contributed by atoms with Gasteiger partial charge in [-0.2, -0.15) is 5.06 Å². The Labute approximate surface area is 104 Å². The van der Waals surface area contributed by atoms with Crippen molar-refractivity contribution in [1.29, 1.82) is 0 Å². The third kappa shape index (κ3) is 2.81. The predicted octanol–water partition coefficient (Wildman–Crippen LogP) is 2.12. The molecule has 0 bridgehead atoms. The molecule has 0 spiro atoms. The van der Waals surface area contributed by atoms with E-state index in [2.05, 4.69) is 20.8 Å². The molecule has 2 aliphatic rings. The average Bonchev–Trinajstić information content (AvgIpc) is 2.96. The summed E-state index contributed by atoms with van der Waals surface area (Å²) in [6.45, 7) is 10.8. The van der Waals surface area contributed by atoms with Gasteiger partial charge in [0.25, 0.3) is 0 Å². The fourth-order valence-electron chi connectivity index (χ4n) is 2.86. The summed E-state index contributed by atoms with van der Waals surface area (Å²) in [5.74, 6) is 0.946. The number of hydroxylamine groups is 2. The molecule has 2 fully saturated rings. The first-order chi connectivity index (χ1) is 7.96. The van der Waals surface area contributed by atoms with Crippen molar-refractivity contribution in [3.8, 4) is 0 Å². The second-order valence-corrected chi connectivity index (χ2v) is 6.04. The summed E-state index contributed by atoms with van der Waals surface area (Å²) in [7, 11) is 0. The number of epoxide rings is 1. The van der Waals surface area contributed by atoms with Crippen molar-refractivity contribution in [2.24, 2.45) is 17.3 Å². The van der Waals surface area contributed by atoms with E-state index < -0.39 is 0 Å². The lowest BCUT2D eigenvalue weighted by Gasteiger charge is -2.44. The Bertz CT molecular complexity index is 271. The minimum atomic E-state index is -0.0343. The van der Waals surface area contributed by atoms with Gasteiger partial charge in [0.1, 0.15) is 6.10 Å². The van der Waals surface area contributed by atoms with Crippen LogP contribution in [0.3, 0.4) is 0 Å². The van der Waals surface area contributed by atoms with Crippen LogP contribution in [0.25, 0.3) is 0 Å². The number of ether oxygens (including phenoxy) is 2. The standard InChI is InChI=1S/C13H25NO3/c1-5-16-12-11(17-12)10-6-13(4,9(2)3)8-14(15)7-10/h9-12,15H,5-8H2,1-4H3/t10-,11?,12?,13+/m1/s1. The molecular weight excluding hydrogens is 218 g/mol. The van der Waals surface area contributed by atoms with E-state index in [1.807, 2.05) is 6.92 Å². The van der Waals surface area contributed by atoms with Gasteiger partial charge in [0.05, 0.1) is 0 Å². The fourth-order valence-corrected chi connectivity index (χ4v) is 2.86. The van der Waals surface area contributed by atoms with E-state index in [1.54, 1.807) is 0 Å². The summed E-state index contributed by atoms with van der Waals surface area (Å²) in [6.07, 6.45) is 1.26. The van der Waals surface area contributed by atoms with Crippen LogP contribution in [-0.2, 0) is 9.47 Å². The monoisotopic (exact) mass is 243 g/mol. The van der Waals surface area contributed by atoms with Crippen LogP contribution in [0, 0.1) is 17.3 Å². The molecule has 4 nitrogen and oxygen atoms in total. The maximum absolute atomic E-state index is 9.89. The van der Waals surface area contributed by atoms with Crippen LogP contribution in [0.2, 0.25) is 0 Å². The highest BCUT2D eigenvalue weighted by atomic mass is 16.8. The third-order valence-corrected chi connectivity index (χ3v) is 4.39. The molecule has 4 heteroatoms. The van der Waals surface area contributed by atoms with Gasteiger partial charge in [0.2, 0.25) is 0 Å². The van der Waals surface area contributed by atoms with Gasteiger partial charge in [-0.15, -0.1) is 0 Å². The van der Waals surface area contributed by atoms with Crippen LogP contribution in [-0.4, -0.2) is 42.4 Å². The van der Waals surface area contributed by atoms with Crippen LogP contribution in [0.5, 0.6) is 0 Å².